The van der Waals surface area contributed by atoms with Crippen LogP contribution in [-0.4, -0.2) is 63.4 Å². The van der Waals surface area contributed by atoms with Gasteiger partial charge in [0.15, 0.2) is 12.4 Å². The van der Waals surface area contributed by atoms with Gasteiger partial charge in [-0.3, -0.25) is 9.79 Å². The zero-order valence-corrected chi connectivity index (χ0v) is 19.9. The molecule has 2 atom stereocenters. The van der Waals surface area contributed by atoms with Crippen molar-refractivity contribution in [2.75, 3.05) is 6.54 Å². The molecule has 1 heterocycles. The second-order valence-electron chi connectivity index (χ2n) is 8.24. The zero-order chi connectivity index (χ0) is 26.0. The van der Waals surface area contributed by atoms with Gasteiger partial charge >= 0.3 is 18.0 Å². The van der Waals surface area contributed by atoms with E-state index in [1.165, 1.54) is 12.7 Å². The van der Waals surface area contributed by atoms with Crippen LogP contribution in [0.25, 0.3) is 0 Å². The predicted octanol–water partition coefficient (Wildman–Crippen LogP) is 1.14. The van der Waals surface area contributed by atoms with Crippen LogP contribution in [-0.2, 0) is 14.3 Å². The Bertz CT molecular complexity index is 681. The molecule has 0 spiro atoms. The third kappa shape index (κ3) is 23.1. The second-order valence-corrected chi connectivity index (χ2v) is 8.24. The number of nitrogens with two attached hydrogens (primary N) is 3. The molecule has 1 amide bonds. The third-order valence-corrected chi connectivity index (χ3v) is 3.33. The van der Waals surface area contributed by atoms with Crippen LogP contribution in [0, 0.1) is 5.92 Å². The molecule has 0 saturated carbocycles. The van der Waals surface area contributed by atoms with Gasteiger partial charge in [0.25, 0.3) is 0 Å². The number of hydrogen-bond donors (Lipinski definition) is 6. The summed E-state index contributed by atoms with van der Waals surface area (Å²) >= 11 is 0. The molecule has 0 unspecified atom stereocenters. The van der Waals surface area contributed by atoms with Crippen molar-refractivity contribution in [3.05, 3.63) is 18.9 Å². The van der Waals surface area contributed by atoms with E-state index in [9.17, 15) is 14.4 Å². The minimum absolute atomic E-state index is 0.0129. The van der Waals surface area contributed by atoms with Gasteiger partial charge in [-0.2, -0.15) is 0 Å². The first-order chi connectivity index (χ1) is 15.2. The number of guanidine groups is 1. The summed E-state index contributed by atoms with van der Waals surface area (Å²) in [5.41, 5.74) is 14.7. The summed E-state index contributed by atoms with van der Waals surface area (Å²) < 4.78 is 9.46. The molecular formula is C20H38N6O7. The first-order valence-electron chi connectivity index (χ1n) is 10.2. The van der Waals surface area contributed by atoms with Gasteiger partial charge in [-0.15, -0.1) is 0 Å². The minimum Gasteiger partial charge on any atom is -0.480 e. The maximum absolute atomic E-state index is 11.4. The Kier molecular flexibility index (Phi) is 16.6. The van der Waals surface area contributed by atoms with Gasteiger partial charge < -0.3 is 41.9 Å². The average Bonchev–Trinajstić information content (AvgIpc) is 3.22. The molecule has 13 heteroatoms. The lowest BCUT2D eigenvalue weighted by molar-refractivity contribution is -0.140. The summed E-state index contributed by atoms with van der Waals surface area (Å²) in [4.78, 5) is 39.7. The lowest BCUT2D eigenvalue weighted by Gasteiger charge is -2.22. The summed E-state index contributed by atoms with van der Waals surface area (Å²) in [6, 6.07) is -1.71. The molecule has 190 valence electrons. The SMILES string of the molecule is CC(C)C[C@H](NC(=O)OC(C)(C)C)C(=O)O.NC(N)=NCCC[C@H](N)C(=O)O.c1cocn1. The molecule has 0 aliphatic rings. The van der Waals surface area contributed by atoms with Gasteiger partial charge in [0.1, 0.15) is 23.9 Å². The minimum atomic E-state index is -1.04. The largest absolute Gasteiger partial charge is 0.480 e. The average molecular weight is 475 g/mol. The Morgan fingerprint density at radius 2 is 1.79 bits per heavy atom. The fourth-order valence-electron chi connectivity index (χ4n) is 1.96. The first-order valence-corrected chi connectivity index (χ1v) is 10.2. The molecule has 0 aliphatic heterocycles. The number of carbonyl (C=O) groups excluding carboxylic acids is 1. The molecule has 0 radical (unpaired) electrons. The molecule has 0 bridgehead atoms. The molecular weight excluding hydrogens is 436 g/mol. The Morgan fingerprint density at radius 3 is 2.12 bits per heavy atom. The number of ether oxygens (including phenoxy) is 1. The lowest BCUT2D eigenvalue weighted by Crippen LogP contribution is -2.44. The molecule has 0 saturated heterocycles. The van der Waals surface area contributed by atoms with Gasteiger partial charge in [0.2, 0.25) is 0 Å². The van der Waals surface area contributed by atoms with Crippen LogP contribution < -0.4 is 22.5 Å². The summed E-state index contributed by atoms with van der Waals surface area (Å²) in [6.45, 7) is 9.39. The van der Waals surface area contributed by atoms with Crippen molar-refractivity contribution in [3.63, 3.8) is 0 Å². The Morgan fingerprint density at radius 1 is 1.18 bits per heavy atom. The molecule has 0 aromatic carbocycles. The number of nitrogens with zero attached hydrogens (tertiary/aromatic N) is 2. The third-order valence-electron chi connectivity index (χ3n) is 3.33. The van der Waals surface area contributed by atoms with Crippen molar-refractivity contribution >= 4 is 24.0 Å². The van der Waals surface area contributed by atoms with Crippen LogP contribution in [0.2, 0.25) is 0 Å². The highest BCUT2D eigenvalue weighted by atomic mass is 16.6. The molecule has 1 aromatic rings. The quantitative estimate of drug-likeness (QED) is 0.169. The Hall–Kier alpha value is -3.35. The number of carbonyl (C=O) groups is 3. The number of aliphatic imine (C=N–C) groups is 1. The summed E-state index contributed by atoms with van der Waals surface area (Å²) in [5, 5.41) is 19.6. The number of alkyl carbamates (subject to hydrolysis) is 1. The van der Waals surface area contributed by atoms with Gasteiger partial charge in [0, 0.05) is 6.54 Å². The maximum Gasteiger partial charge on any atom is 0.408 e. The monoisotopic (exact) mass is 474 g/mol. The van der Waals surface area contributed by atoms with E-state index < -0.39 is 35.7 Å². The topological polar surface area (TPSA) is 229 Å². The van der Waals surface area contributed by atoms with Crippen LogP contribution in [0.4, 0.5) is 4.79 Å². The van der Waals surface area contributed by atoms with E-state index in [2.05, 4.69) is 19.7 Å². The summed E-state index contributed by atoms with van der Waals surface area (Å²) in [7, 11) is 0. The number of rotatable bonds is 9. The van der Waals surface area contributed by atoms with Crippen molar-refractivity contribution in [1.29, 1.82) is 0 Å². The lowest BCUT2D eigenvalue weighted by atomic mass is 10.0. The molecule has 1 rings (SSSR count). The van der Waals surface area contributed by atoms with E-state index in [0.29, 0.717) is 25.8 Å². The smallest absolute Gasteiger partial charge is 0.408 e. The molecule has 9 N–H and O–H groups in total. The Labute approximate surface area is 193 Å². The number of amides is 1. The highest BCUT2D eigenvalue weighted by Crippen LogP contribution is 2.09. The van der Waals surface area contributed by atoms with Crippen molar-refractivity contribution in [1.82, 2.24) is 10.3 Å². The van der Waals surface area contributed by atoms with E-state index in [4.69, 9.17) is 32.2 Å². The van der Waals surface area contributed by atoms with E-state index in [0.717, 1.165) is 0 Å². The number of oxazole rings is 1. The van der Waals surface area contributed by atoms with Crippen LogP contribution in [0.5, 0.6) is 0 Å². The van der Waals surface area contributed by atoms with E-state index in [1.807, 2.05) is 13.8 Å². The number of hydrogen-bond acceptors (Lipinski definition) is 8. The fourth-order valence-corrected chi connectivity index (χ4v) is 1.96. The normalized spacial score (nSPS) is 12.1. The molecule has 0 fully saturated rings. The highest BCUT2D eigenvalue weighted by Gasteiger charge is 2.24. The maximum atomic E-state index is 11.4. The number of aromatic nitrogens is 1. The molecule has 13 nitrogen and oxygen atoms in total. The van der Waals surface area contributed by atoms with Crippen LogP contribution in [0.1, 0.15) is 53.9 Å². The van der Waals surface area contributed by atoms with E-state index >= 15 is 0 Å². The number of carboxylic acids is 2. The summed E-state index contributed by atoms with van der Waals surface area (Å²) in [5.74, 6) is -1.84. The van der Waals surface area contributed by atoms with Crippen LogP contribution in [0.3, 0.4) is 0 Å². The molecule has 1 aromatic heterocycles. The van der Waals surface area contributed by atoms with Gasteiger partial charge in [-0.25, -0.2) is 14.6 Å². The number of nitrogens with one attached hydrogen (secondary N) is 1. The standard InChI is InChI=1S/C11H21NO4.C6H14N4O2.C3H3NO/c1-7(2)6-8(9(13)14)12-10(15)16-11(3,4)5;7-4(5(11)12)2-1-3-10-6(8)9;1-2-5-3-4-1/h7-8H,6H2,1-5H3,(H,12,15)(H,13,14);4H,1-3,7H2,(H,11,12)(H4,8,9,10);1-3H/t8-;4-;/m00./s1. The van der Waals surface area contributed by atoms with E-state index in [-0.39, 0.29) is 11.9 Å². The molecule has 0 aliphatic carbocycles. The molecule has 33 heavy (non-hydrogen) atoms. The Balaban J connectivity index is 0. The van der Waals surface area contributed by atoms with Crippen LogP contribution in [0.15, 0.2) is 28.3 Å². The van der Waals surface area contributed by atoms with Crippen molar-refractivity contribution in [2.24, 2.45) is 28.1 Å². The van der Waals surface area contributed by atoms with Gasteiger partial charge in [0.05, 0.1) is 6.20 Å². The van der Waals surface area contributed by atoms with Gasteiger partial charge in [-0.1, -0.05) is 13.8 Å². The highest BCUT2D eigenvalue weighted by molar-refractivity contribution is 5.80. The first kappa shape index (κ1) is 31.8. The van der Waals surface area contributed by atoms with E-state index in [1.54, 1.807) is 27.0 Å². The van der Waals surface area contributed by atoms with Crippen molar-refractivity contribution < 1.29 is 33.8 Å². The zero-order valence-electron chi connectivity index (χ0n) is 19.9. The fraction of sp³-hybridized carbons (Fsp3) is 0.650. The number of aliphatic carboxylic acids is 2. The summed E-state index contributed by atoms with van der Waals surface area (Å²) in [6.07, 6.45) is 5.12. The number of carboxylic acid groups (broad SMARTS) is 2. The van der Waals surface area contributed by atoms with Crippen molar-refractivity contribution in [3.8, 4) is 0 Å². The second kappa shape index (κ2) is 17.2. The van der Waals surface area contributed by atoms with Crippen LogP contribution >= 0.6 is 0 Å². The predicted molar refractivity (Wildman–Crippen MR) is 122 cm³/mol. The van der Waals surface area contributed by atoms with Crippen molar-refractivity contribution in [2.45, 2.75) is 71.6 Å². The van der Waals surface area contributed by atoms with Gasteiger partial charge in [-0.05, 0) is 46.0 Å².